The summed E-state index contributed by atoms with van der Waals surface area (Å²) in [4.78, 5) is 46.5. The minimum Gasteiger partial charge on any atom is -0.347 e. The van der Waals surface area contributed by atoms with Crippen molar-refractivity contribution in [3.63, 3.8) is 0 Å². The maximum atomic E-state index is 13.0. The maximum absolute atomic E-state index is 13.0. The molecular weight excluding hydrogens is 390 g/mol. The maximum Gasteiger partial charge on any atom is 0.326 e. The molecular formula is C20H23N5O3S. The number of carbonyl (C=O) groups excluding carboxylic acids is 3. The van der Waals surface area contributed by atoms with Gasteiger partial charge in [-0.15, -0.1) is 11.3 Å². The molecule has 0 aromatic carbocycles. The lowest BCUT2D eigenvalue weighted by molar-refractivity contribution is -0.127. The fourth-order valence-corrected chi connectivity index (χ4v) is 4.97. The van der Waals surface area contributed by atoms with Gasteiger partial charge in [-0.1, -0.05) is 6.58 Å². The van der Waals surface area contributed by atoms with E-state index in [2.05, 4.69) is 22.2 Å². The van der Waals surface area contributed by atoms with Crippen LogP contribution in [0.25, 0.3) is 10.2 Å². The topological polar surface area (TPSA) is 94.6 Å². The quantitative estimate of drug-likeness (QED) is 0.754. The van der Waals surface area contributed by atoms with Crippen molar-refractivity contribution in [1.82, 2.24) is 15.2 Å². The van der Waals surface area contributed by atoms with E-state index in [4.69, 9.17) is 0 Å². The monoisotopic (exact) mass is 413 g/mol. The first-order chi connectivity index (χ1) is 13.9. The van der Waals surface area contributed by atoms with Crippen LogP contribution < -0.4 is 15.5 Å². The standard InChI is InChI=1S/C20H23N5O3S/c1-4-14(26)24-9-5-6-12(10-24)22-18(27)17-16-15-13(7-8-21-19(15)29-17)25(11(2)3)20(28)23-16/h4,7-8,11-12H,1,5-6,9-10H2,2-3H3,(H,22,27)(H,23,28)/t12-/m1/s1. The molecule has 1 atom stereocenters. The molecule has 29 heavy (non-hydrogen) atoms. The molecule has 2 aromatic rings. The molecule has 2 aliphatic heterocycles. The number of nitrogens with one attached hydrogen (secondary N) is 2. The van der Waals surface area contributed by atoms with Crippen molar-refractivity contribution >= 4 is 50.8 Å². The number of urea groups is 1. The number of thiophene rings is 1. The molecule has 4 amide bonds. The number of hydrogen-bond donors (Lipinski definition) is 2. The summed E-state index contributed by atoms with van der Waals surface area (Å²) >= 11 is 1.27. The van der Waals surface area contributed by atoms with Crippen LogP contribution in [0.15, 0.2) is 24.9 Å². The highest BCUT2D eigenvalue weighted by atomic mass is 32.1. The smallest absolute Gasteiger partial charge is 0.326 e. The van der Waals surface area contributed by atoms with Crippen molar-refractivity contribution in [2.75, 3.05) is 23.3 Å². The summed E-state index contributed by atoms with van der Waals surface area (Å²) in [7, 11) is 0. The zero-order valence-electron chi connectivity index (χ0n) is 16.4. The van der Waals surface area contributed by atoms with Crippen LogP contribution in [0, 0.1) is 0 Å². The Morgan fingerprint density at radius 1 is 1.45 bits per heavy atom. The average molecular weight is 414 g/mol. The first-order valence-corrected chi connectivity index (χ1v) is 10.5. The number of carbonyl (C=O) groups is 3. The van der Waals surface area contributed by atoms with Crippen molar-refractivity contribution < 1.29 is 14.4 Å². The van der Waals surface area contributed by atoms with E-state index in [1.807, 2.05) is 13.8 Å². The molecule has 0 bridgehead atoms. The normalized spacial score (nSPS) is 18.7. The third kappa shape index (κ3) is 3.35. The van der Waals surface area contributed by atoms with Gasteiger partial charge in [0.05, 0.1) is 16.8 Å². The van der Waals surface area contributed by atoms with Gasteiger partial charge >= 0.3 is 6.03 Å². The lowest BCUT2D eigenvalue weighted by atomic mass is 10.1. The summed E-state index contributed by atoms with van der Waals surface area (Å²) in [5.74, 6) is -0.388. The Labute approximate surface area is 172 Å². The van der Waals surface area contributed by atoms with E-state index >= 15 is 0 Å². The fourth-order valence-electron chi connectivity index (χ4n) is 3.95. The highest BCUT2D eigenvalue weighted by molar-refractivity contribution is 7.21. The minimum absolute atomic E-state index is 0.0263. The molecule has 1 saturated heterocycles. The van der Waals surface area contributed by atoms with Gasteiger partial charge in [-0.25, -0.2) is 9.78 Å². The molecule has 2 N–H and O–H groups in total. The second-order valence-corrected chi connectivity index (χ2v) is 8.51. The number of anilines is 2. The number of rotatable bonds is 4. The van der Waals surface area contributed by atoms with Crippen LogP contribution in [-0.4, -0.2) is 52.9 Å². The largest absolute Gasteiger partial charge is 0.347 e. The first kappa shape index (κ1) is 19.4. The van der Waals surface area contributed by atoms with Crippen LogP contribution >= 0.6 is 11.3 Å². The molecule has 0 unspecified atom stereocenters. The van der Waals surface area contributed by atoms with Crippen molar-refractivity contribution in [2.24, 2.45) is 0 Å². The van der Waals surface area contributed by atoms with Gasteiger partial charge in [0.15, 0.2) is 0 Å². The predicted octanol–water partition coefficient (Wildman–Crippen LogP) is 2.96. The van der Waals surface area contributed by atoms with Gasteiger partial charge in [-0.05, 0) is 38.8 Å². The molecule has 2 aromatic heterocycles. The Morgan fingerprint density at radius 2 is 2.24 bits per heavy atom. The van der Waals surface area contributed by atoms with Crippen LogP contribution in [0.3, 0.4) is 0 Å². The fraction of sp³-hybridized carbons (Fsp3) is 0.400. The molecule has 0 aliphatic carbocycles. The summed E-state index contributed by atoms with van der Waals surface area (Å²) in [5.41, 5.74) is 1.28. The molecule has 9 heteroatoms. The van der Waals surface area contributed by atoms with Crippen molar-refractivity contribution in [3.8, 4) is 0 Å². The van der Waals surface area contributed by atoms with E-state index in [9.17, 15) is 14.4 Å². The predicted molar refractivity (Wildman–Crippen MR) is 114 cm³/mol. The van der Waals surface area contributed by atoms with Crippen LogP contribution in [0.1, 0.15) is 36.4 Å². The molecule has 2 aliphatic rings. The van der Waals surface area contributed by atoms with E-state index in [0.29, 0.717) is 28.5 Å². The number of pyridine rings is 1. The molecule has 152 valence electrons. The van der Waals surface area contributed by atoms with Gasteiger partial charge < -0.3 is 15.5 Å². The lowest BCUT2D eigenvalue weighted by Gasteiger charge is -2.33. The number of likely N-dealkylation sites (tertiary alicyclic amines) is 1. The molecule has 4 rings (SSSR count). The highest BCUT2D eigenvalue weighted by Crippen LogP contribution is 2.44. The zero-order valence-corrected chi connectivity index (χ0v) is 17.2. The van der Waals surface area contributed by atoms with Gasteiger partial charge in [0.1, 0.15) is 9.71 Å². The number of nitrogens with zero attached hydrogens (tertiary/aromatic N) is 3. The summed E-state index contributed by atoms with van der Waals surface area (Å²) in [6, 6.07) is 1.38. The van der Waals surface area contributed by atoms with Crippen LogP contribution in [0.4, 0.5) is 16.2 Å². The molecule has 4 heterocycles. The van der Waals surface area contributed by atoms with Gasteiger partial charge in [0, 0.05) is 31.4 Å². The second-order valence-electron chi connectivity index (χ2n) is 7.51. The van der Waals surface area contributed by atoms with E-state index in [-0.39, 0.29) is 29.9 Å². The Balaban J connectivity index is 1.63. The summed E-state index contributed by atoms with van der Waals surface area (Å²) < 4.78 is 0. The lowest BCUT2D eigenvalue weighted by Crippen LogP contribution is -2.49. The van der Waals surface area contributed by atoms with Crippen molar-refractivity contribution in [3.05, 3.63) is 29.8 Å². The van der Waals surface area contributed by atoms with Crippen LogP contribution in [0.5, 0.6) is 0 Å². The summed E-state index contributed by atoms with van der Waals surface area (Å²) in [6.45, 7) is 8.53. The summed E-state index contributed by atoms with van der Waals surface area (Å²) in [5, 5.41) is 6.69. The van der Waals surface area contributed by atoms with E-state index in [0.717, 1.165) is 23.9 Å². The minimum atomic E-state index is -0.259. The second kappa shape index (κ2) is 7.47. The highest BCUT2D eigenvalue weighted by Gasteiger charge is 2.33. The number of aromatic nitrogens is 1. The van der Waals surface area contributed by atoms with Crippen LogP contribution in [-0.2, 0) is 4.79 Å². The first-order valence-electron chi connectivity index (χ1n) is 9.64. The SMILES string of the molecule is C=CC(=O)N1CCC[C@@H](NC(=O)c2sc3nccc4c3c2NC(=O)N4C(C)C)C1. The van der Waals surface area contributed by atoms with E-state index in [1.54, 1.807) is 22.1 Å². The van der Waals surface area contributed by atoms with Crippen LogP contribution in [0.2, 0.25) is 0 Å². The Hall–Kier alpha value is -2.94. The van der Waals surface area contributed by atoms with E-state index < -0.39 is 0 Å². The van der Waals surface area contributed by atoms with Crippen molar-refractivity contribution in [1.29, 1.82) is 0 Å². The van der Waals surface area contributed by atoms with Crippen molar-refractivity contribution in [2.45, 2.75) is 38.8 Å². The average Bonchev–Trinajstić information content (AvgIpc) is 3.07. The number of amides is 4. The molecule has 8 nitrogen and oxygen atoms in total. The van der Waals surface area contributed by atoms with E-state index in [1.165, 1.54) is 17.4 Å². The Kier molecular flexibility index (Phi) is 4.99. The number of piperidine rings is 1. The molecule has 0 radical (unpaired) electrons. The third-order valence-corrected chi connectivity index (χ3v) is 6.34. The van der Waals surface area contributed by atoms with Gasteiger partial charge in [0.25, 0.3) is 5.91 Å². The Morgan fingerprint density at radius 3 is 2.97 bits per heavy atom. The van der Waals surface area contributed by atoms with Gasteiger partial charge in [-0.3, -0.25) is 14.5 Å². The Bertz CT molecular complexity index is 1010. The van der Waals surface area contributed by atoms with Gasteiger partial charge in [0.2, 0.25) is 5.91 Å². The summed E-state index contributed by atoms with van der Waals surface area (Å²) in [6.07, 6.45) is 4.57. The molecule has 0 saturated carbocycles. The molecule has 1 fully saturated rings. The number of hydrogen-bond acceptors (Lipinski definition) is 5. The third-order valence-electron chi connectivity index (χ3n) is 5.25. The zero-order chi connectivity index (χ0) is 20.7. The van der Waals surface area contributed by atoms with Gasteiger partial charge in [-0.2, -0.15) is 0 Å². The molecule has 0 spiro atoms.